The lowest BCUT2D eigenvalue weighted by Crippen LogP contribution is -2.48. The molecule has 1 heterocycles. The standard InChI is InChI=1S/C15H17NO3/c1-15(2)7-10(15)14(18)16-11-8-19-12-6-4-3-5-9(12)13(11)17/h3-6,10-11H,7-8H2,1-2H3,(H,16,18)/t10-,11?/m1/s1. The van der Waals surface area contributed by atoms with Crippen molar-refractivity contribution in [2.75, 3.05) is 6.61 Å². The molecule has 1 aromatic carbocycles. The maximum Gasteiger partial charge on any atom is 0.224 e. The van der Waals surface area contributed by atoms with Crippen LogP contribution in [0.25, 0.3) is 0 Å². The number of carbonyl (C=O) groups is 2. The van der Waals surface area contributed by atoms with Crippen LogP contribution in [0.4, 0.5) is 0 Å². The topological polar surface area (TPSA) is 55.4 Å². The molecule has 2 aliphatic rings. The van der Waals surface area contributed by atoms with Gasteiger partial charge in [0, 0.05) is 5.92 Å². The maximum absolute atomic E-state index is 12.3. The molecule has 1 aliphatic heterocycles. The first-order chi connectivity index (χ1) is 8.99. The lowest BCUT2D eigenvalue weighted by Gasteiger charge is -2.25. The number of ketones is 1. The molecule has 1 N–H and O–H groups in total. The Morgan fingerprint density at radius 2 is 2.05 bits per heavy atom. The predicted molar refractivity (Wildman–Crippen MR) is 70.1 cm³/mol. The van der Waals surface area contributed by atoms with E-state index in [9.17, 15) is 9.59 Å². The van der Waals surface area contributed by atoms with E-state index >= 15 is 0 Å². The van der Waals surface area contributed by atoms with Gasteiger partial charge in [-0.3, -0.25) is 9.59 Å². The van der Waals surface area contributed by atoms with E-state index in [0.29, 0.717) is 11.3 Å². The third-order valence-electron chi connectivity index (χ3n) is 4.02. The van der Waals surface area contributed by atoms with Crippen molar-refractivity contribution in [2.24, 2.45) is 11.3 Å². The molecule has 0 saturated heterocycles. The van der Waals surface area contributed by atoms with Gasteiger partial charge in [-0.05, 0) is 24.0 Å². The molecule has 2 atom stereocenters. The number of ether oxygens (including phenoxy) is 1. The van der Waals surface area contributed by atoms with Crippen molar-refractivity contribution in [3.8, 4) is 5.75 Å². The zero-order valence-electron chi connectivity index (χ0n) is 11.1. The van der Waals surface area contributed by atoms with Gasteiger partial charge in [-0.1, -0.05) is 26.0 Å². The quantitative estimate of drug-likeness (QED) is 0.881. The van der Waals surface area contributed by atoms with Gasteiger partial charge in [0.2, 0.25) is 5.91 Å². The molecule has 0 bridgehead atoms. The highest BCUT2D eigenvalue weighted by atomic mass is 16.5. The number of fused-ring (bicyclic) bond motifs is 1. The van der Waals surface area contributed by atoms with E-state index in [1.807, 2.05) is 6.07 Å². The van der Waals surface area contributed by atoms with Gasteiger partial charge in [0.05, 0.1) is 5.56 Å². The van der Waals surface area contributed by atoms with Crippen molar-refractivity contribution in [3.05, 3.63) is 29.8 Å². The monoisotopic (exact) mass is 259 g/mol. The van der Waals surface area contributed by atoms with Gasteiger partial charge in [0.25, 0.3) is 0 Å². The number of amides is 1. The zero-order chi connectivity index (χ0) is 13.6. The number of benzene rings is 1. The lowest BCUT2D eigenvalue weighted by atomic mass is 10.0. The molecule has 1 amide bonds. The van der Waals surface area contributed by atoms with Crippen molar-refractivity contribution < 1.29 is 14.3 Å². The highest BCUT2D eigenvalue weighted by Crippen LogP contribution is 2.51. The molecule has 4 nitrogen and oxygen atoms in total. The van der Waals surface area contributed by atoms with Crippen LogP contribution in [0.1, 0.15) is 30.6 Å². The summed E-state index contributed by atoms with van der Waals surface area (Å²) in [6, 6.07) is 6.58. The summed E-state index contributed by atoms with van der Waals surface area (Å²) in [6.07, 6.45) is 0.886. The van der Waals surface area contributed by atoms with Gasteiger partial charge < -0.3 is 10.1 Å². The Morgan fingerprint density at radius 3 is 2.74 bits per heavy atom. The van der Waals surface area contributed by atoms with Gasteiger partial charge in [0.15, 0.2) is 5.78 Å². The van der Waals surface area contributed by atoms with Crippen LogP contribution in [0.3, 0.4) is 0 Å². The Hall–Kier alpha value is -1.84. The molecule has 1 saturated carbocycles. The summed E-state index contributed by atoms with van der Waals surface area (Å²) < 4.78 is 5.52. The van der Waals surface area contributed by atoms with Gasteiger partial charge in [0.1, 0.15) is 18.4 Å². The third-order valence-corrected chi connectivity index (χ3v) is 4.02. The molecule has 3 rings (SSSR count). The van der Waals surface area contributed by atoms with Gasteiger partial charge >= 0.3 is 0 Å². The molecule has 1 aliphatic carbocycles. The Morgan fingerprint density at radius 1 is 1.37 bits per heavy atom. The fraction of sp³-hybridized carbons (Fsp3) is 0.467. The van der Waals surface area contributed by atoms with E-state index in [-0.39, 0.29) is 29.6 Å². The second kappa shape index (κ2) is 4.08. The van der Waals surface area contributed by atoms with E-state index in [0.717, 1.165) is 6.42 Å². The zero-order valence-corrected chi connectivity index (χ0v) is 11.1. The van der Waals surface area contributed by atoms with Crippen LogP contribution in [-0.4, -0.2) is 24.3 Å². The second-order valence-corrected chi connectivity index (χ2v) is 5.98. The number of Topliss-reactive ketones (excluding diaryl/α,β-unsaturated/α-hetero) is 1. The minimum Gasteiger partial charge on any atom is -0.490 e. The smallest absolute Gasteiger partial charge is 0.224 e. The molecule has 0 aromatic heterocycles. The summed E-state index contributed by atoms with van der Waals surface area (Å²) in [5.41, 5.74) is 0.620. The minimum atomic E-state index is -0.557. The molecule has 100 valence electrons. The summed E-state index contributed by atoms with van der Waals surface area (Å²) in [4.78, 5) is 24.3. The largest absolute Gasteiger partial charge is 0.490 e. The highest BCUT2D eigenvalue weighted by molar-refractivity contribution is 6.05. The summed E-state index contributed by atoms with van der Waals surface area (Å²) in [5.74, 6) is 0.530. The first kappa shape index (κ1) is 12.2. The summed E-state index contributed by atoms with van der Waals surface area (Å²) in [6.45, 7) is 4.34. The molecule has 0 radical (unpaired) electrons. The molecule has 1 unspecified atom stereocenters. The van der Waals surface area contributed by atoms with E-state index < -0.39 is 6.04 Å². The van der Waals surface area contributed by atoms with Crippen molar-refractivity contribution in [1.29, 1.82) is 0 Å². The van der Waals surface area contributed by atoms with Crippen LogP contribution in [0.5, 0.6) is 5.75 Å². The summed E-state index contributed by atoms with van der Waals surface area (Å²) >= 11 is 0. The van der Waals surface area contributed by atoms with E-state index in [1.165, 1.54) is 0 Å². The van der Waals surface area contributed by atoms with Crippen LogP contribution < -0.4 is 10.1 Å². The average Bonchev–Trinajstić information content (AvgIpc) is 3.02. The number of hydrogen-bond acceptors (Lipinski definition) is 3. The Bertz CT molecular complexity index is 550. The fourth-order valence-electron chi connectivity index (χ4n) is 2.53. The minimum absolute atomic E-state index is 0.0254. The van der Waals surface area contributed by atoms with Crippen LogP contribution in [0.15, 0.2) is 24.3 Å². The normalized spacial score (nSPS) is 27.2. The molecule has 4 heteroatoms. The lowest BCUT2D eigenvalue weighted by molar-refractivity contribution is -0.123. The highest BCUT2D eigenvalue weighted by Gasteiger charge is 2.51. The van der Waals surface area contributed by atoms with Gasteiger partial charge in [-0.15, -0.1) is 0 Å². The summed E-state index contributed by atoms with van der Waals surface area (Å²) in [5, 5.41) is 2.81. The number of nitrogens with one attached hydrogen (secondary N) is 1. The SMILES string of the molecule is CC1(C)C[C@@H]1C(=O)NC1COc2ccccc2C1=O. The van der Waals surface area contributed by atoms with Gasteiger partial charge in [-0.2, -0.15) is 0 Å². The van der Waals surface area contributed by atoms with Crippen molar-refractivity contribution in [1.82, 2.24) is 5.32 Å². The van der Waals surface area contributed by atoms with Gasteiger partial charge in [-0.25, -0.2) is 0 Å². The molecular formula is C15H17NO3. The predicted octanol–water partition coefficient (Wildman–Crippen LogP) is 1.79. The molecule has 1 aromatic rings. The summed E-state index contributed by atoms with van der Waals surface area (Å²) in [7, 11) is 0. The van der Waals surface area contributed by atoms with E-state index in [1.54, 1.807) is 18.2 Å². The van der Waals surface area contributed by atoms with Crippen LogP contribution in [-0.2, 0) is 4.79 Å². The van der Waals surface area contributed by atoms with Crippen molar-refractivity contribution in [2.45, 2.75) is 26.3 Å². The second-order valence-electron chi connectivity index (χ2n) is 5.98. The maximum atomic E-state index is 12.3. The first-order valence-electron chi connectivity index (χ1n) is 6.55. The molecule has 19 heavy (non-hydrogen) atoms. The fourth-order valence-corrected chi connectivity index (χ4v) is 2.53. The number of carbonyl (C=O) groups excluding carboxylic acids is 2. The third kappa shape index (κ3) is 2.11. The van der Waals surface area contributed by atoms with E-state index in [2.05, 4.69) is 19.2 Å². The van der Waals surface area contributed by atoms with Crippen molar-refractivity contribution in [3.63, 3.8) is 0 Å². The molecule has 0 spiro atoms. The Labute approximate surface area is 112 Å². The van der Waals surface area contributed by atoms with Crippen LogP contribution in [0.2, 0.25) is 0 Å². The van der Waals surface area contributed by atoms with Crippen molar-refractivity contribution >= 4 is 11.7 Å². The molecule has 1 fully saturated rings. The number of para-hydroxylation sites is 1. The number of rotatable bonds is 2. The average molecular weight is 259 g/mol. The molecular weight excluding hydrogens is 242 g/mol. The number of hydrogen-bond donors (Lipinski definition) is 1. The van der Waals surface area contributed by atoms with E-state index in [4.69, 9.17) is 4.74 Å². The van der Waals surface area contributed by atoms with Crippen LogP contribution in [0, 0.1) is 11.3 Å². The van der Waals surface area contributed by atoms with Crippen LogP contribution >= 0.6 is 0 Å². The Balaban J connectivity index is 1.71. The first-order valence-corrected chi connectivity index (χ1v) is 6.55. The Kier molecular flexibility index (Phi) is 2.62.